The molecule has 1 fully saturated rings. The second kappa shape index (κ2) is 5.28. The van der Waals surface area contributed by atoms with E-state index in [-0.39, 0.29) is 0 Å². The van der Waals surface area contributed by atoms with E-state index in [0.29, 0.717) is 0 Å². The van der Waals surface area contributed by atoms with Gasteiger partial charge in [-0.2, -0.15) is 0 Å². The predicted molar refractivity (Wildman–Crippen MR) is 61.6 cm³/mol. The Hall–Kier alpha value is 0.137. The molecule has 1 saturated carbocycles. The molecule has 0 bridgehead atoms. The fourth-order valence-electron chi connectivity index (χ4n) is 2.69. The van der Waals surface area contributed by atoms with Crippen molar-refractivity contribution < 1.29 is 8.85 Å². The topological polar surface area (TPSA) is 18.5 Å². The zero-order chi connectivity index (χ0) is 10.6. The van der Waals surface area contributed by atoms with Crippen molar-refractivity contribution in [1.29, 1.82) is 0 Å². The first-order valence-electron chi connectivity index (χ1n) is 5.78. The van der Waals surface area contributed by atoms with E-state index < -0.39 is 8.56 Å². The summed E-state index contributed by atoms with van der Waals surface area (Å²) in [6, 6.07) is 1.08. The van der Waals surface area contributed by atoms with Gasteiger partial charge in [-0.15, -0.1) is 0 Å². The highest BCUT2D eigenvalue weighted by Gasteiger charge is 2.43. The Balaban J connectivity index is 2.60. The Kier molecular flexibility index (Phi) is 4.61. The third kappa shape index (κ3) is 2.38. The van der Waals surface area contributed by atoms with Crippen LogP contribution in [0.25, 0.3) is 0 Å². The lowest BCUT2D eigenvalue weighted by Gasteiger charge is -2.38. The summed E-state index contributed by atoms with van der Waals surface area (Å²) in [5, 5.41) is 0. The van der Waals surface area contributed by atoms with Crippen LogP contribution >= 0.6 is 0 Å². The van der Waals surface area contributed by atoms with Gasteiger partial charge in [0.25, 0.3) is 0 Å². The van der Waals surface area contributed by atoms with Crippen molar-refractivity contribution in [3.63, 3.8) is 0 Å². The van der Waals surface area contributed by atoms with Gasteiger partial charge in [0.15, 0.2) is 0 Å². The molecule has 2 nitrogen and oxygen atoms in total. The fourth-order valence-corrected chi connectivity index (χ4v) is 5.89. The Morgan fingerprint density at radius 3 is 1.93 bits per heavy atom. The fraction of sp³-hybridized carbons (Fsp3) is 1.00. The molecule has 3 heteroatoms. The number of hydrogen-bond donors (Lipinski definition) is 0. The van der Waals surface area contributed by atoms with Crippen LogP contribution in [0, 0.1) is 5.92 Å². The Morgan fingerprint density at radius 1 is 1.07 bits per heavy atom. The number of hydrogen-bond acceptors (Lipinski definition) is 2. The molecule has 0 saturated heterocycles. The van der Waals surface area contributed by atoms with Crippen molar-refractivity contribution in [3.05, 3.63) is 0 Å². The molecule has 1 rings (SSSR count). The molecule has 0 radical (unpaired) electrons. The first kappa shape index (κ1) is 12.2. The van der Waals surface area contributed by atoms with Crippen molar-refractivity contribution >= 4 is 8.56 Å². The van der Waals surface area contributed by atoms with E-state index in [1.165, 1.54) is 25.7 Å². The quantitative estimate of drug-likeness (QED) is 0.671. The zero-order valence-corrected chi connectivity index (χ0v) is 11.0. The van der Waals surface area contributed by atoms with Gasteiger partial charge in [0.2, 0.25) is 0 Å². The normalized spacial score (nSPS) is 29.1. The average molecular weight is 216 g/mol. The summed E-state index contributed by atoms with van der Waals surface area (Å²) in [5.74, 6) is 0.906. The van der Waals surface area contributed by atoms with Gasteiger partial charge in [-0.05, 0) is 24.8 Å². The van der Waals surface area contributed by atoms with Crippen LogP contribution in [0.5, 0.6) is 0 Å². The third-order valence-electron chi connectivity index (χ3n) is 3.82. The first-order chi connectivity index (χ1) is 6.68. The Bertz CT molecular complexity index is 152. The molecule has 14 heavy (non-hydrogen) atoms. The lowest BCUT2D eigenvalue weighted by Crippen LogP contribution is -2.45. The van der Waals surface area contributed by atoms with Gasteiger partial charge in [-0.3, -0.25) is 0 Å². The van der Waals surface area contributed by atoms with Crippen LogP contribution in [-0.2, 0) is 8.85 Å². The molecule has 0 spiro atoms. The standard InChI is InChI=1S/C11H24O2Si/c1-5-14(12-3,13-4)11-8-6-10(2)7-9-11/h10-11H,5-9H2,1-4H3. The zero-order valence-electron chi connectivity index (χ0n) is 10.0. The third-order valence-corrected chi connectivity index (χ3v) is 8.01. The lowest BCUT2D eigenvalue weighted by atomic mass is 9.90. The second-order valence-corrected chi connectivity index (χ2v) is 8.49. The summed E-state index contributed by atoms with van der Waals surface area (Å²) in [4.78, 5) is 0. The van der Waals surface area contributed by atoms with Gasteiger partial charge in [0, 0.05) is 19.8 Å². The molecular weight excluding hydrogens is 192 g/mol. The van der Waals surface area contributed by atoms with Crippen molar-refractivity contribution in [2.24, 2.45) is 5.92 Å². The maximum atomic E-state index is 5.73. The van der Waals surface area contributed by atoms with Gasteiger partial charge in [0.05, 0.1) is 0 Å². The number of rotatable bonds is 4. The summed E-state index contributed by atoms with van der Waals surface area (Å²) >= 11 is 0. The lowest BCUT2D eigenvalue weighted by molar-refractivity contribution is 0.210. The van der Waals surface area contributed by atoms with Gasteiger partial charge in [-0.25, -0.2) is 0 Å². The molecule has 0 aliphatic heterocycles. The molecule has 0 amide bonds. The van der Waals surface area contributed by atoms with Gasteiger partial charge in [-0.1, -0.05) is 26.7 Å². The highest BCUT2D eigenvalue weighted by molar-refractivity contribution is 6.68. The largest absolute Gasteiger partial charge is 0.397 e. The van der Waals surface area contributed by atoms with Crippen molar-refractivity contribution in [3.8, 4) is 0 Å². The highest BCUT2D eigenvalue weighted by Crippen LogP contribution is 2.41. The molecule has 0 N–H and O–H groups in total. The smallest absolute Gasteiger partial charge is 0.340 e. The van der Waals surface area contributed by atoms with Crippen LogP contribution in [0.4, 0.5) is 0 Å². The molecule has 0 aromatic rings. The van der Waals surface area contributed by atoms with E-state index in [9.17, 15) is 0 Å². The first-order valence-corrected chi connectivity index (χ1v) is 7.89. The highest BCUT2D eigenvalue weighted by atomic mass is 28.4. The van der Waals surface area contributed by atoms with Crippen LogP contribution in [0.15, 0.2) is 0 Å². The van der Waals surface area contributed by atoms with Gasteiger partial charge in [0.1, 0.15) is 0 Å². The molecule has 0 heterocycles. The molecule has 0 atom stereocenters. The van der Waals surface area contributed by atoms with E-state index in [4.69, 9.17) is 8.85 Å². The van der Waals surface area contributed by atoms with E-state index >= 15 is 0 Å². The van der Waals surface area contributed by atoms with Gasteiger partial charge >= 0.3 is 8.56 Å². The minimum Gasteiger partial charge on any atom is -0.397 e. The minimum absolute atomic E-state index is 0.721. The maximum Gasteiger partial charge on any atom is 0.340 e. The van der Waals surface area contributed by atoms with Gasteiger partial charge < -0.3 is 8.85 Å². The van der Waals surface area contributed by atoms with E-state index in [1.54, 1.807) is 0 Å². The predicted octanol–water partition coefficient (Wildman–Crippen LogP) is 3.32. The summed E-state index contributed by atoms with van der Waals surface area (Å²) in [6.07, 6.45) is 5.32. The van der Waals surface area contributed by atoms with E-state index in [0.717, 1.165) is 17.5 Å². The van der Waals surface area contributed by atoms with Crippen LogP contribution in [0.2, 0.25) is 11.6 Å². The Labute approximate surface area is 89.2 Å². The summed E-state index contributed by atoms with van der Waals surface area (Å²) in [6.45, 7) is 4.56. The molecular formula is C11H24O2Si. The monoisotopic (exact) mass is 216 g/mol. The minimum atomic E-state index is -1.85. The molecule has 84 valence electrons. The van der Waals surface area contributed by atoms with Crippen molar-refractivity contribution in [2.75, 3.05) is 14.2 Å². The van der Waals surface area contributed by atoms with E-state index in [1.807, 2.05) is 14.2 Å². The molecule has 1 aliphatic rings. The average Bonchev–Trinajstić information content (AvgIpc) is 2.24. The van der Waals surface area contributed by atoms with Crippen LogP contribution in [0.1, 0.15) is 39.5 Å². The molecule has 1 aliphatic carbocycles. The summed E-state index contributed by atoms with van der Waals surface area (Å²) in [5.41, 5.74) is 0.721. The van der Waals surface area contributed by atoms with Crippen LogP contribution < -0.4 is 0 Å². The SMILES string of the molecule is CC[Si](OC)(OC)C1CCC(C)CC1. The van der Waals surface area contributed by atoms with Crippen molar-refractivity contribution in [1.82, 2.24) is 0 Å². The van der Waals surface area contributed by atoms with Crippen LogP contribution in [0.3, 0.4) is 0 Å². The van der Waals surface area contributed by atoms with Crippen LogP contribution in [-0.4, -0.2) is 22.8 Å². The van der Waals surface area contributed by atoms with Crippen molar-refractivity contribution in [2.45, 2.75) is 51.1 Å². The summed E-state index contributed by atoms with van der Waals surface area (Å²) < 4.78 is 11.5. The molecule has 0 unspecified atom stereocenters. The maximum absolute atomic E-state index is 5.73. The van der Waals surface area contributed by atoms with E-state index in [2.05, 4.69) is 13.8 Å². The Morgan fingerprint density at radius 2 is 1.57 bits per heavy atom. The summed E-state index contributed by atoms with van der Waals surface area (Å²) in [7, 11) is 1.82. The molecule has 0 aromatic heterocycles. The second-order valence-electron chi connectivity index (χ2n) is 4.53. The molecule has 0 aromatic carbocycles.